The standard InChI is InChI=1S/C11H19NO4S/c13-10(12-5-4-11(14)15)8-17-7-9-3-1-2-6-16-9/h9H,1-8H2,(H,12,13)(H,14,15). The topological polar surface area (TPSA) is 75.6 Å². The van der Waals surface area contributed by atoms with Crippen LogP contribution in [0.25, 0.3) is 0 Å². The van der Waals surface area contributed by atoms with Gasteiger partial charge in [0.05, 0.1) is 18.3 Å². The zero-order chi connectivity index (χ0) is 12.5. The number of carbonyl (C=O) groups is 2. The first-order valence-electron chi connectivity index (χ1n) is 5.86. The Morgan fingerprint density at radius 2 is 2.24 bits per heavy atom. The Labute approximate surface area is 105 Å². The Hall–Kier alpha value is -0.750. The van der Waals surface area contributed by atoms with Crippen molar-refractivity contribution in [1.29, 1.82) is 0 Å². The first-order chi connectivity index (χ1) is 8.18. The summed E-state index contributed by atoms with van der Waals surface area (Å²) in [6.07, 6.45) is 3.67. The third-order valence-corrected chi connectivity index (χ3v) is 3.55. The number of hydrogen-bond donors (Lipinski definition) is 2. The second kappa shape index (κ2) is 8.36. The van der Waals surface area contributed by atoms with Gasteiger partial charge in [-0.05, 0) is 19.3 Å². The lowest BCUT2D eigenvalue weighted by atomic mass is 10.1. The van der Waals surface area contributed by atoms with E-state index in [0.29, 0.717) is 5.75 Å². The van der Waals surface area contributed by atoms with Crippen LogP contribution in [0, 0.1) is 0 Å². The lowest BCUT2D eigenvalue weighted by Crippen LogP contribution is -2.28. The summed E-state index contributed by atoms with van der Waals surface area (Å²) in [6, 6.07) is 0. The maximum Gasteiger partial charge on any atom is 0.305 e. The molecule has 0 aromatic rings. The van der Waals surface area contributed by atoms with Crippen molar-refractivity contribution in [3.05, 3.63) is 0 Å². The van der Waals surface area contributed by atoms with Crippen LogP contribution in [0.5, 0.6) is 0 Å². The van der Waals surface area contributed by atoms with Crippen LogP contribution in [-0.4, -0.2) is 47.7 Å². The largest absolute Gasteiger partial charge is 0.481 e. The van der Waals surface area contributed by atoms with Gasteiger partial charge in [-0.1, -0.05) is 0 Å². The van der Waals surface area contributed by atoms with Gasteiger partial charge >= 0.3 is 5.97 Å². The van der Waals surface area contributed by atoms with Gasteiger partial charge in [-0.2, -0.15) is 0 Å². The van der Waals surface area contributed by atoms with Crippen LogP contribution in [0.15, 0.2) is 0 Å². The molecule has 98 valence electrons. The quantitative estimate of drug-likeness (QED) is 0.711. The summed E-state index contributed by atoms with van der Waals surface area (Å²) in [6.45, 7) is 1.03. The second-order valence-corrected chi connectivity index (χ2v) is 5.03. The number of thioether (sulfide) groups is 1. The van der Waals surface area contributed by atoms with E-state index in [-0.39, 0.29) is 25.0 Å². The van der Waals surface area contributed by atoms with Gasteiger partial charge in [-0.3, -0.25) is 9.59 Å². The minimum absolute atomic E-state index is 0.0257. The average Bonchev–Trinajstić information content (AvgIpc) is 2.30. The highest BCUT2D eigenvalue weighted by molar-refractivity contribution is 7.99. The number of aliphatic carboxylic acids is 1. The summed E-state index contributed by atoms with van der Waals surface area (Å²) in [5.74, 6) is 0.215. The molecule has 1 amide bonds. The molecule has 0 radical (unpaired) electrons. The van der Waals surface area contributed by atoms with Gasteiger partial charge in [0.25, 0.3) is 0 Å². The minimum Gasteiger partial charge on any atom is -0.481 e. The minimum atomic E-state index is -0.895. The van der Waals surface area contributed by atoms with Gasteiger partial charge in [0.1, 0.15) is 0 Å². The highest BCUT2D eigenvalue weighted by Gasteiger charge is 2.14. The van der Waals surface area contributed by atoms with Gasteiger partial charge in [-0.25, -0.2) is 0 Å². The van der Waals surface area contributed by atoms with Gasteiger partial charge < -0.3 is 15.2 Å². The van der Waals surface area contributed by atoms with Crippen molar-refractivity contribution in [2.45, 2.75) is 31.8 Å². The summed E-state index contributed by atoms with van der Waals surface area (Å²) in [4.78, 5) is 21.5. The highest BCUT2D eigenvalue weighted by atomic mass is 32.2. The summed E-state index contributed by atoms with van der Waals surface area (Å²) < 4.78 is 5.54. The Kier molecular flexibility index (Phi) is 7.04. The summed E-state index contributed by atoms with van der Waals surface area (Å²) in [5.41, 5.74) is 0. The summed E-state index contributed by atoms with van der Waals surface area (Å²) >= 11 is 1.54. The molecule has 0 bridgehead atoms. The number of carboxylic acids is 1. The molecule has 1 rings (SSSR count). The molecule has 2 N–H and O–H groups in total. The van der Waals surface area contributed by atoms with E-state index in [0.717, 1.165) is 25.2 Å². The molecule has 17 heavy (non-hydrogen) atoms. The monoisotopic (exact) mass is 261 g/mol. The van der Waals surface area contributed by atoms with Crippen molar-refractivity contribution in [3.8, 4) is 0 Å². The average molecular weight is 261 g/mol. The molecule has 1 heterocycles. The van der Waals surface area contributed by atoms with Crippen LogP contribution in [-0.2, 0) is 14.3 Å². The molecule has 1 atom stereocenters. The number of carbonyl (C=O) groups excluding carboxylic acids is 1. The Morgan fingerprint density at radius 1 is 1.41 bits per heavy atom. The zero-order valence-electron chi connectivity index (χ0n) is 9.81. The first-order valence-corrected chi connectivity index (χ1v) is 7.02. The van der Waals surface area contributed by atoms with Crippen molar-refractivity contribution in [2.75, 3.05) is 24.7 Å². The van der Waals surface area contributed by atoms with E-state index < -0.39 is 5.97 Å². The van der Waals surface area contributed by atoms with Crippen LogP contribution >= 0.6 is 11.8 Å². The van der Waals surface area contributed by atoms with Crippen molar-refractivity contribution in [2.24, 2.45) is 0 Å². The third-order valence-electron chi connectivity index (χ3n) is 2.47. The number of carboxylic acid groups (broad SMARTS) is 1. The predicted molar refractivity (Wildman–Crippen MR) is 66.2 cm³/mol. The molecule has 5 nitrogen and oxygen atoms in total. The molecule has 0 spiro atoms. The molecule has 0 aliphatic carbocycles. The van der Waals surface area contributed by atoms with Crippen molar-refractivity contribution in [3.63, 3.8) is 0 Å². The number of nitrogens with one attached hydrogen (secondary N) is 1. The molecular formula is C11H19NO4S. The van der Waals surface area contributed by atoms with E-state index in [1.165, 1.54) is 6.42 Å². The molecule has 1 unspecified atom stereocenters. The fraction of sp³-hybridized carbons (Fsp3) is 0.818. The predicted octanol–water partition coefficient (Wildman–Crippen LogP) is 0.880. The van der Waals surface area contributed by atoms with Gasteiger partial charge in [0, 0.05) is 18.9 Å². The Bertz CT molecular complexity index is 254. The molecule has 0 aromatic heterocycles. The number of ether oxygens (including phenoxy) is 1. The van der Waals surface area contributed by atoms with E-state index >= 15 is 0 Å². The van der Waals surface area contributed by atoms with Gasteiger partial charge in [0.2, 0.25) is 5.91 Å². The van der Waals surface area contributed by atoms with Crippen LogP contribution < -0.4 is 5.32 Å². The SMILES string of the molecule is O=C(O)CCNC(=O)CSCC1CCCCO1. The smallest absolute Gasteiger partial charge is 0.305 e. The van der Waals surface area contributed by atoms with E-state index in [4.69, 9.17) is 9.84 Å². The molecule has 1 fully saturated rings. The lowest BCUT2D eigenvalue weighted by Gasteiger charge is -2.21. The maximum absolute atomic E-state index is 11.3. The molecule has 1 aliphatic rings. The lowest BCUT2D eigenvalue weighted by molar-refractivity contribution is -0.136. The van der Waals surface area contributed by atoms with Gasteiger partial charge in [0.15, 0.2) is 0 Å². The van der Waals surface area contributed by atoms with E-state index in [9.17, 15) is 9.59 Å². The molecule has 6 heteroatoms. The maximum atomic E-state index is 11.3. The molecule has 1 saturated heterocycles. The Balaban J connectivity index is 1.97. The molecule has 0 saturated carbocycles. The number of hydrogen-bond acceptors (Lipinski definition) is 4. The van der Waals surface area contributed by atoms with Crippen LogP contribution in [0.4, 0.5) is 0 Å². The first kappa shape index (κ1) is 14.3. The summed E-state index contributed by atoms with van der Waals surface area (Å²) in [7, 11) is 0. The van der Waals surface area contributed by atoms with Crippen molar-refractivity contribution < 1.29 is 19.4 Å². The number of amides is 1. The second-order valence-electron chi connectivity index (χ2n) is 4.00. The van der Waals surface area contributed by atoms with Crippen molar-refractivity contribution >= 4 is 23.6 Å². The fourth-order valence-corrected chi connectivity index (χ4v) is 2.51. The van der Waals surface area contributed by atoms with Gasteiger partial charge in [-0.15, -0.1) is 11.8 Å². The van der Waals surface area contributed by atoms with Crippen LogP contribution in [0.3, 0.4) is 0 Å². The van der Waals surface area contributed by atoms with E-state index in [2.05, 4.69) is 5.32 Å². The third kappa shape index (κ3) is 7.23. The number of rotatable bonds is 7. The molecule has 1 aliphatic heterocycles. The van der Waals surface area contributed by atoms with Crippen molar-refractivity contribution in [1.82, 2.24) is 5.32 Å². The van der Waals surface area contributed by atoms with E-state index in [1.54, 1.807) is 11.8 Å². The Morgan fingerprint density at radius 3 is 2.88 bits per heavy atom. The highest BCUT2D eigenvalue weighted by Crippen LogP contribution is 2.16. The van der Waals surface area contributed by atoms with Crippen LogP contribution in [0.1, 0.15) is 25.7 Å². The molecular weight excluding hydrogens is 242 g/mol. The summed E-state index contributed by atoms with van der Waals surface area (Å²) in [5, 5.41) is 11.0. The fourth-order valence-electron chi connectivity index (χ4n) is 1.58. The molecule has 0 aromatic carbocycles. The normalized spacial score (nSPS) is 19.9. The van der Waals surface area contributed by atoms with Crippen LogP contribution in [0.2, 0.25) is 0 Å². The zero-order valence-corrected chi connectivity index (χ0v) is 10.6. The van der Waals surface area contributed by atoms with E-state index in [1.807, 2.05) is 0 Å².